The van der Waals surface area contributed by atoms with E-state index in [0.29, 0.717) is 11.8 Å². The number of para-hydroxylation sites is 1. The van der Waals surface area contributed by atoms with Crippen LogP contribution < -0.4 is 4.74 Å². The molecule has 1 heteroatoms. The molecule has 1 unspecified atom stereocenters. The summed E-state index contributed by atoms with van der Waals surface area (Å²) in [6, 6.07) is 18.3. The average Bonchev–Trinajstić information content (AvgIpc) is 2.40. The smallest absolute Gasteiger partial charge is 0.127 e. The van der Waals surface area contributed by atoms with Crippen LogP contribution in [0.4, 0.5) is 0 Å². The van der Waals surface area contributed by atoms with Gasteiger partial charge in [0.1, 0.15) is 11.5 Å². The van der Waals surface area contributed by atoms with Crippen molar-refractivity contribution in [1.82, 2.24) is 0 Å². The minimum atomic E-state index is 0.687. The minimum Gasteiger partial charge on any atom is -0.457 e. The Morgan fingerprint density at radius 2 is 1.53 bits per heavy atom. The maximum Gasteiger partial charge on any atom is 0.127 e. The molecule has 100 valence electrons. The highest BCUT2D eigenvalue weighted by molar-refractivity contribution is 5.34. The van der Waals surface area contributed by atoms with Gasteiger partial charge in [-0.1, -0.05) is 51.1 Å². The molecule has 0 radical (unpaired) electrons. The van der Waals surface area contributed by atoms with Gasteiger partial charge in [-0.15, -0.1) is 0 Å². The van der Waals surface area contributed by atoms with Crippen molar-refractivity contribution in [2.75, 3.05) is 0 Å². The van der Waals surface area contributed by atoms with Gasteiger partial charge in [0.25, 0.3) is 0 Å². The number of benzene rings is 2. The van der Waals surface area contributed by atoms with Gasteiger partial charge in [0, 0.05) is 0 Å². The SMILES string of the molecule is CC(C)C(C)Cc1cccc(Oc2ccccc2)c1. The molecule has 0 saturated carbocycles. The summed E-state index contributed by atoms with van der Waals surface area (Å²) in [4.78, 5) is 0. The molecule has 1 nitrogen and oxygen atoms in total. The second-order valence-corrected chi connectivity index (χ2v) is 5.49. The van der Waals surface area contributed by atoms with Gasteiger partial charge in [-0.2, -0.15) is 0 Å². The summed E-state index contributed by atoms with van der Waals surface area (Å²) in [5.74, 6) is 3.20. The third-order valence-corrected chi connectivity index (χ3v) is 3.57. The summed E-state index contributed by atoms with van der Waals surface area (Å²) in [6.45, 7) is 6.85. The minimum absolute atomic E-state index is 0.687. The highest BCUT2D eigenvalue weighted by Gasteiger charge is 2.08. The summed E-state index contributed by atoms with van der Waals surface area (Å²) in [6.07, 6.45) is 1.10. The average molecular weight is 254 g/mol. The molecule has 19 heavy (non-hydrogen) atoms. The largest absolute Gasteiger partial charge is 0.457 e. The first kappa shape index (κ1) is 13.7. The van der Waals surface area contributed by atoms with Gasteiger partial charge in [0.05, 0.1) is 0 Å². The van der Waals surface area contributed by atoms with Crippen molar-refractivity contribution in [3.05, 3.63) is 60.2 Å². The monoisotopic (exact) mass is 254 g/mol. The molecule has 0 spiro atoms. The van der Waals surface area contributed by atoms with E-state index >= 15 is 0 Å². The number of hydrogen-bond acceptors (Lipinski definition) is 1. The molecule has 0 aromatic heterocycles. The highest BCUT2D eigenvalue weighted by atomic mass is 16.5. The Balaban J connectivity index is 2.07. The number of rotatable bonds is 5. The molecule has 1 atom stereocenters. The second kappa shape index (κ2) is 6.42. The van der Waals surface area contributed by atoms with Crippen LogP contribution >= 0.6 is 0 Å². The molecule has 0 aliphatic rings. The summed E-state index contributed by atoms with van der Waals surface area (Å²) in [5.41, 5.74) is 1.34. The Morgan fingerprint density at radius 1 is 0.842 bits per heavy atom. The number of hydrogen-bond donors (Lipinski definition) is 0. The van der Waals surface area contributed by atoms with E-state index in [1.54, 1.807) is 0 Å². The summed E-state index contributed by atoms with van der Waals surface area (Å²) < 4.78 is 5.86. The standard InChI is InChI=1S/C18H22O/c1-14(2)15(3)12-16-8-7-11-18(13-16)19-17-9-5-4-6-10-17/h4-11,13-15H,12H2,1-3H3. The fraction of sp³-hybridized carbons (Fsp3) is 0.333. The normalized spacial score (nSPS) is 12.4. The third-order valence-electron chi connectivity index (χ3n) is 3.57. The molecule has 0 N–H and O–H groups in total. The van der Waals surface area contributed by atoms with Gasteiger partial charge in [-0.25, -0.2) is 0 Å². The fourth-order valence-electron chi connectivity index (χ4n) is 1.97. The molecule has 0 saturated heterocycles. The molecule has 0 aliphatic heterocycles. The van der Waals surface area contributed by atoms with Gasteiger partial charge >= 0.3 is 0 Å². The van der Waals surface area contributed by atoms with E-state index < -0.39 is 0 Å². The molecule has 0 amide bonds. The van der Waals surface area contributed by atoms with Crippen LogP contribution in [0, 0.1) is 11.8 Å². The van der Waals surface area contributed by atoms with Gasteiger partial charge < -0.3 is 4.74 Å². The zero-order valence-corrected chi connectivity index (χ0v) is 12.0. The Bertz CT molecular complexity index is 502. The van der Waals surface area contributed by atoms with Crippen molar-refractivity contribution >= 4 is 0 Å². The predicted molar refractivity (Wildman–Crippen MR) is 80.7 cm³/mol. The molecular weight excluding hydrogens is 232 g/mol. The van der Waals surface area contributed by atoms with Crippen molar-refractivity contribution in [2.45, 2.75) is 27.2 Å². The fourth-order valence-corrected chi connectivity index (χ4v) is 1.97. The lowest BCUT2D eigenvalue weighted by molar-refractivity contribution is 0.416. The van der Waals surface area contributed by atoms with E-state index in [-0.39, 0.29) is 0 Å². The topological polar surface area (TPSA) is 9.23 Å². The molecule has 0 bridgehead atoms. The Hall–Kier alpha value is -1.76. The van der Waals surface area contributed by atoms with Crippen molar-refractivity contribution < 1.29 is 4.74 Å². The predicted octanol–water partition coefficient (Wildman–Crippen LogP) is 5.31. The first-order chi connectivity index (χ1) is 9.15. The van der Waals surface area contributed by atoms with Crippen LogP contribution in [-0.4, -0.2) is 0 Å². The Kier molecular flexibility index (Phi) is 4.62. The molecule has 2 aromatic carbocycles. The zero-order valence-electron chi connectivity index (χ0n) is 12.0. The first-order valence-electron chi connectivity index (χ1n) is 6.97. The van der Waals surface area contributed by atoms with Crippen LogP contribution in [0.15, 0.2) is 54.6 Å². The van der Waals surface area contributed by atoms with Crippen LogP contribution in [0.25, 0.3) is 0 Å². The van der Waals surface area contributed by atoms with Crippen molar-refractivity contribution in [1.29, 1.82) is 0 Å². The summed E-state index contributed by atoms with van der Waals surface area (Å²) in [7, 11) is 0. The number of ether oxygens (including phenoxy) is 1. The highest BCUT2D eigenvalue weighted by Crippen LogP contribution is 2.24. The van der Waals surface area contributed by atoms with Gasteiger partial charge in [0.2, 0.25) is 0 Å². The lowest BCUT2D eigenvalue weighted by Crippen LogP contribution is -2.07. The molecule has 0 heterocycles. The maximum atomic E-state index is 5.86. The van der Waals surface area contributed by atoms with Crippen LogP contribution in [-0.2, 0) is 6.42 Å². The van der Waals surface area contributed by atoms with Crippen LogP contribution in [0.2, 0.25) is 0 Å². The van der Waals surface area contributed by atoms with E-state index in [1.807, 2.05) is 36.4 Å². The lowest BCUT2D eigenvalue weighted by Gasteiger charge is -2.16. The second-order valence-electron chi connectivity index (χ2n) is 5.49. The van der Waals surface area contributed by atoms with Crippen molar-refractivity contribution in [3.8, 4) is 11.5 Å². The maximum absolute atomic E-state index is 5.86. The molecule has 2 aromatic rings. The summed E-state index contributed by atoms with van der Waals surface area (Å²) >= 11 is 0. The Labute approximate surface area is 116 Å². The van der Waals surface area contributed by atoms with E-state index in [4.69, 9.17) is 4.74 Å². The van der Waals surface area contributed by atoms with E-state index in [2.05, 4.69) is 39.0 Å². The van der Waals surface area contributed by atoms with Gasteiger partial charge in [-0.05, 0) is 48.1 Å². The van der Waals surface area contributed by atoms with Gasteiger partial charge in [-0.3, -0.25) is 0 Å². The molecular formula is C18H22O. The van der Waals surface area contributed by atoms with Crippen LogP contribution in [0.5, 0.6) is 11.5 Å². The third kappa shape index (κ3) is 4.13. The van der Waals surface area contributed by atoms with E-state index in [1.165, 1.54) is 5.56 Å². The van der Waals surface area contributed by atoms with Crippen molar-refractivity contribution in [3.63, 3.8) is 0 Å². The summed E-state index contributed by atoms with van der Waals surface area (Å²) in [5, 5.41) is 0. The molecule has 2 rings (SSSR count). The quantitative estimate of drug-likeness (QED) is 0.702. The van der Waals surface area contributed by atoms with E-state index in [9.17, 15) is 0 Å². The Morgan fingerprint density at radius 3 is 2.21 bits per heavy atom. The van der Waals surface area contributed by atoms with Gasteiger partial charge in [0.15, 0.2) is 0 Å². The van der Waals surface area contributed by atoms with Crippen LogP contribution in [0.3, 0.4) is 0 Å². The van der Waals surface area contributed by atoms with Crippen molar-refractivity contribution in [2.24, 2.45) is 11.8 Å². The van der Waals surface area contributed by atoms with E-state index in [0.717, 1.165) is 17.9 Å². The molecule has 0 fully saturated rings. The van der Waals surface area contributed by atoms with Crippen LogP contribution in [0.1, 0.15) is 26.3 Å². The lowest BCUT2D eigenvalue weighted by atomic mass is 9.91. The molecule has 0 aliphatic carbocycles. The zero-order chi connectivity index (χ0) is 13.7. The first-order valence-corrected chi connectivity index (χ1v) is 6.97.